The van der Waals surface area contributed by atoms with E-state index in [1.54, 1.807) is 12.4 Å². The molecule has 0 fully saturated rings. The Morgan fingerprint density at radius 2 is 1.08 bits per heavy atom. The average molecular weight is 465 g/mol. The number of hydrogen-bond acceptors (Lipinski definition) is 8. The third kappa shape index (κ3) is 3.47. The van der Waals surface area contributed by atoms with E-state index in [0.717, 1.165) is 28.2 Å². The van der Waals surface area contributed by atoms with Crippen molar-refractivity contribution in [2.45, 2.75) is 0 Å². The van der Waals surface area contributed by atoms with Crippen LogP contribution in [0, 0.1) is 22.7 Å². The van der Waals surface area contributed by atoms with Crippen LogP contribution in [0.2, 0.25) is 0 Å². The Kier molecular flexibility index (Phi) is 5.03. The molecule has 3 aromatic carbocycles. The first-order valence-corrected chi connectivity index (χ1v) is 11.0. The second-order valence-corrected chi connectivity index (χ2v) is 7.87. The van der Waals surface area contributed by atoms with Crippen molar-refractivity contribution in [1.82, 2.24) is 19.9 Å². The van der Waals surface area contributed by atoms with Crippen LogP contribution in [-0.2, 0) is 0 Å². The third-order valence-electron chi connectivity index (χ3n) is 5.78. The van der Waals surface area contributed by atoms with Crippen molar-refractivity contribution in [2.24, 2.45) is 0 Å². The van der Waals surface area contributed by atoms with Crippen LogP contribution >= 0.6 is 0 Å². The van der Waals surface area contributed by atoms with Gasteiger partial charge in [0.25, 0.3) is 0 Å². The highest BCUT2D eigenvalue weighted by atomic mass is 16.5. The van der Waals surface area contributed by atoms with Gasteiger partial charge in [0.05, 0.1) is 53.2 Å². The molecule has 8 nitrogen and oxygen atoms in total. The van der Waals surface area contributed by atoms with Gasteiger partial charge in [-0.3, -0.25) is 9.97 Å². The Labute approximate surface area is 206 Å². The first kappa shape index (κ1) is 21.0. The van der Waals surface area contributed by atoms with Crippen LogP contribution in [0.1, 0.15) is 11.4 Å². The van der Waals surface area contributed by atoms with Crippen molar-refractivity contribution < 1.29 is 4.74 Å². The predicted molar refractivity (Wildman–Crippen MR) is 133 cm³/mol. The highest BCUT2D eigenvalue weighted by Crippen LogP contribution is 2.54. The van der Waals surface area contributed by atoms with Crippen molar-refractivity contribution in [1.29, 1.82) is 10.5 Å². The summed E-state index contributed by atoms with van der Waals surface area (Å²) in [7, 11) is 0. The first-order valence-electron chi connectivity index (χ1n) is 11.0. The molecule has 0 saturated carbocycles. The summed E-state index contributed by atoms with van der Waals surface area (Å²) in [5, 5.41) is 18.4. The number of benzene rings is 3. The topological polar surface area (TPSA) is 112 Å². The lowest BCUT2D eigenvalue weighted by molar-refractivity contribution is 0.477. The van der Waals surface area contributed by atoms with Crippen molar-refractivity contribution in [2.75, 3.05) is 4.90 Å². The summed E-state index contributed by atoms with van der Waals surface area (Å²) in [6.45, 7) is 0. The highest BCUT2D eigenvalue weighted by Gasteiger charge is 2.30. The van der Waals surface area contributed by atoms with E-state index in [1.165, 1.54) is 12.4 Å². The number of anilines is 3. The summed E-state index contributed by atoms with van der Waals surface area (Å²) in [6.07, 6.45) is 6.08. The molecule has 6 rings (SSSR count). The molecule has 0 bridgehead atoms. The first-order chi connectivity index (χ1) is 17.8. The van der Waals surface area contributed by atoms with Crippen LogP contribution in [0.5, 0.6) is 11.5 Å². The van der Waals surface area contributed by atoms with Crippen LogP contribution in [0.25, 0.3) is 22.5 Å². The average Bonchev–Trinajstić information content (AvgIpc) is 2.95. The number of nitrogens with zero attached hydrogens (tertiary/aromatic N) is 7. The molecule has 0 unspecified atom stereocenters. The quantitative estimate of drug-likeness (QED) is 0.317. The minimum Gasteiger partial charge on any atom is -0.453 e. The molecule has 168 valence electrons. The number of hydrogen-bond donors (Lipinski definition) is 0. The van der Waals surface area contributed by atoms with E-state index in [4.69, 9.17) is 4.74 Å². The van der Waals surface area contributed by atoms with Gasteiger partial charge in [0, 0.05) is 11.1 Å². The molecule has 1 aliphatic rings. The summed E-state index contributed by atoms with van der Waals surface area (Å²) in [6, 6.07) is 25.4. The van der Waals surface area contributed by atoms with Gasteiger partial charge in [-0.05, 0) is 24.3 Å². The molecular weight excluding hydrogens is 450 g/mol. The lowest BCUT2D eigenvalue weighted by Crippen LogP contribution is -2.17. The number of rotatable bonds is 3. The molecule has 3 heterocycles. The molecule has 0 saturated heterocycles. The van der Waals surface area contributed by atoms with Gasteiger partial charge in [-0.15, -0.1) is 0 Å². The van der Waals surface area contributed by atoms with E-state index < -0.39 is 0 Å². The third-order valence-corrected chi connectivity index (χ3v) is 5.78. The maximum atomic E-state index is 9.20. The van der Waals surface area contributed by atoms with Crippen LogP contribution in [0.15, 0.2) is 91.5 Å². The Balaban J connectivity index is 1.67. The van der Waals surface area contributed by atoms with Gasteiger partial charge in [-0.25, -0.2) is 9.97 Å². The van der Waals surface area contributed by atoms with Gasteiger partial charge < -0.3 is 9.64 Å². The van der Waals surface area contributed by atoms with E-state index in [9.17, 15) is 10.5 Å². The van der Waals surface area contributed by atoms with E-state index in [0.29, 0.717) is 22.9 Å². The fraction of sp³-hybridized carbons (Fsp3) is 0. The monoisotopic (exact) mass is 465 g/mol. The minimum absolute atomic E-state index is 0.233. The molecule has 8 heteroatoms. The smallest absolute Gasteiger partial charge is 0.158 e. The van der Waals surface area contributed by atoms with Crippen molar-refractivity contribution in [3.63, 3.8) is 0 Å². The van der Waals surface area contributed by atoms with Crippen molar-refractivity contribution in [3.05, 3.63) is 103 Å². The molecule has 0 amide bonds. The molecule has 36 heavy (non-hydrogen) atoms. The Morgan fingerprint density at radius 1 is 0.583 bits per heavy atom. The summed E-state index contributed by atoms with van der Waals surface area (Å²) < 4.78 is 6.21. The van der Waals surface area contributed by atoms with Gasteiger partial charge in [0.15, 0.2) is 22.9 Å². The number of para-hydroxylation sites is 5. The maximum absolute atomic E-state index is 9.20. The highest BCUT2D eigenvalue weighted by molar-refractivity contribution is 5.99. The summed E-state index contributed by atoms with van der Waals surface area (Å²) in [5.74, 6) is 1.41. The zero-order valence-electron chi connectivity index (χ0n) is 18.7. The van der Waals surface area contributed by atoms with E-state index >= 15 is 0 Å². The standard InChI is InChI=1S/C28H15N7O/c29-12-18-14-33-22(16-31-18)20-6-5-7-21(23-17-32-19(13-30)15-34-23)28(20)35-24-8-1-3-10-26(24)36-27-11-4-2-9-25(27)35/h1-11,14-17H. The fourth-order valence-corrected chi connectivity index (χ4v) is 4.19. The molecule has 1 aliphatic heterocycles. The Morgan fingerprint density at radius 3 is 1.53 bits per heavy atom. The number of nitriles is 2. The zero-order chi connectivity index (χ0) is 24.5. The zero-order valence-corrected chi connectivity index (χ0v) is 18.7. The van der Waals surface area contributed by atoms with Gasteiger partial charge in [0.2, 0.25) is 0 Å². The summed E-state index contributed by atoms with van der Waals surface area (Å²) in [4.78, 5) is 19.6. The normalized spacial score (nSPS) is 11.4. The molecule has 0 spiro atoms. The minimum atomic E-state index is 0.233. The van der Waals surface area contributed by atoms with Crippen LogP contribution < -0.4 is 9.64 Å². The summed E-state index contributed by atoms with van der Waals surface area (Å²) in [5.41, 5.74) is 5.68. The van der Waals surface area contributed by atoms with Gasteiger partial charge >= 0.3 is 0 Å². The lowest BCUT2D eigenvalue weighted by Gasteiger charge is -2.35. The SMILES string of the molecule is N#Cc1cnc(-c2cccc(-c3cnc(C#N)cn3)c2N2c3ccccc3Oc3ccccc32)cn1. The molecule has 0 N–H and O–H groups in total. The second kappa shape index (κ2) is 8.64. The molecule has 0 atom stereocenters. The van der Waals surface area contributed by atoms with E-state index in [2.05, 4.69) is 24.8 Å². The number of aromatic nitrogens is 4. The Bertz CT molecular complexity index is 1560. The maximum Gasteiger partial charge on any atom is 0.158 e. The predicted octanol–water partition coefficient (Wildman–Crippen LogP) is 5.92. The van der Waals surface area contributed by atoms with Gasteiger partial charge in [-0.1, -0.05) is 42.5 Å². The van der Waals surface area contributed by atoms with E-state index in [-0.39, 0.29) is 11.4 Å². The van der Waals surface area contributed by atoms with Crippen LogP contribution in [-0.4, -0.2) is 19.9 Å². The van der Waals surface area contributed by atoms with Crippen molar-refractivity contribution >= 4 is 17.1 Å². The number of fused-ring (bicyclic) bond motifs is 2. The fourth-order valence-electron chi connectivity index (χ4n) is 4.19. The molecule has 0 radical (unpaired) electrons. The largest absolute Gasteiger partial charge is 0.453 e. The van der Waals surface area contributed by atoms with Gasteiger partial charge in [-0.2, -0.15) is 10.5 Å². The van der Waals surface area contributed by atoms with Crippen molar-refractivity contribution in [3.8, 4) is 46.2 Å². The van der Waals surface area contributed by atoms with Crippen LogP contribution in [0.4, 0.5) is 17.1 Å². The van der Waals surface area contributed by atoms with Crippen LogP contribution in [0.3, 0.4) is 0 Å². The molecule has 5 aromatic rings. The summed E-state index contributed by atoms with van der Waals surface area (Å²) >= 11 is 0. The van der Waals surface area contributed by atoms with E-state index in [1.807, 2.05) is 78.9 Å². The second-order valence-electron chi connectivity index (χ2n) is 7.87. The Hall–Kier alpha value is -5.60. The van der Waals surface area contributed by atoms with Gasteiger partial charge in [0.1, 0.15) is 12.1 Å². The molecule has 2 aromatic heterocycles. The lowest BCUT2D eigenvalue weighted by atomic mass is 9.99. The molecule has 0 aliphatic carbocycles. The molecular formula is C28H15N7O. The number of ether oxygens (including phenoxy) is 1.